The molecule has 1 aliphatic heterocycles. The highest BCUT2D eigenvalue weighted by Crippen LogP contribution is 2.20. The van der Waals surface area contributed by atoms with E-state index in [0.717, 1.165) is 43.2 Å². The third-order valence-corrected chi connectivity index (χ3v) is 3.70. The zero-order valence-corrected chi connectivity index (χ0v) is 11.6. The SMILES string of the molecule is O=C(CSc1ccc(F)c(F)c1)NO[C@@H]1CCCCO1. The molecule has 1 N–H and O–H groups in total. The lowest BCUT2D eigenvalue weighted by molar-refractivity contribution is -0.199. The maximum absolute atomic E-state index is 13.0. The van der Waals surface area contributed by atoms with Gasteiger partial charge in [0, 0.05) is 17.9 Å². The number of halogens is 2. The van der Waals surface area contributed by atoms with Gasteiger partial charge in [-0.05, 0) is 31.0 Å². The number of rotatable bonds is 5. The summed E-state index contributed by atoms with van der Waals surface area (Å²) in [5, 5.41) is 0. The summed E-state index contributed by atoms with van der Waals surface area (Å²) < 4.78 is 31.0. The van der Waals surface area contributed by atoms with Crippen LogP contribution in [0.2, 0.25) is 0 Å². The third-order valence-electron chi connectivity index (χ3n) is 2.70. The normalized spacial score (nSPS) is 18.8. The number of hydrogen-bond donors (Lipinski definition) is 1. The molecule has 0 aromatic heterocycles. The molecule has 20 heavy (non-hydrogen) atoms. The van der Waals surface area contributed by atoms with Crippen LogP contribution in [-0.2, 0) is 14.4 Å². The molecule has 1 aliphatic rings. The Labute approximate surface area is 119 Å². The number of thioether (sulfide) groups is 1. The van der Waals surface area contributed by atoms with Crippen molar-refractivity contribution in [2.24, 2.45) is 0 Å². The largest absolute Gasteiger partial charge is 0.350 e. The molecule has 1 heterocycles. The first-order valence-corrected chi connectivity index (χ1v) is 7.27. The van der Waals surface area contributed by atoms with Crippen molar-refractivity contribution in [3.8, 4) is 0 Å². The molecule has 0 bridgehead atoms. The number of ether oxygens (including phenoxy) is 1. The lowest BCUT2D eigenvalue weighted by Crippen LogP contribution is -2.33. The maximum atomic E-state index is 13.0. The fraction of sp³-hybridized carbons (Fsp3) is 0.462. The summed E-state index contributed by atoms with van der Waals surface area (Å²) in [7, 11) is 0. The predicted octanol–water partition coefficient (Wildman–Crippen LogP) is 2.63. The Morgan fingerprint density at radius 1 is 1.40 bits per heavy atom. The Morgan fingerprint density at radius 2 is 2.25 bits per heavy atom. The summed E-state index contributed by atoms with van der Waals surface area (Å²) in [5.74, 6) is -2.13. The fourth-order valence-corrected chi connectivity index (χ4v) is 2.39. The lowest BCUT2D eigenvalue weighted by atomic mass is 10.2. The highest BCUT2D eigenvalue weighted by atomic mass is 32.2. The van der Waals surface area contributed by atoms with Crippen molar-refractivity contribution in [3.63, 3.8) is 0 Å². The van der Waals surface area contributed by atoms with Crippen molar-refractivity contribution >= 4 is 17.7 Å². The summed E-state index contributed by atoms with van der Waals surface area (Å²) in [4.78, 5) is 17.1. The molecule has 4 nitrogen and oxygen atoms in total. The average Bonchev–Trinajstić information content (AvgIpc) is 2.47. The van der Waals surface area contributed by atoms with E-state index in [1.165, 1.54) is 6.07 Å². The van der Waals surface area contributed by atoms with Crippen molar-refractivity contribution in [1.29, 1.82) is 0 Å². The van der Waals surface area contributed by atoms with Crippen molar-refractivity contribution in [2.45, 2.75) is 30.4 Å². The molecule has 1 atom stereocenters. The molecule has 7 heteroatoms. The first-order valence-electron chi connectivity index (χ1n) is 6.29. The molecule has 1 fully saturated rings. The van der Waals surface area contributed by atoms with Crippen LogP contribution in [0.5, 0.6) is 0 Å². The molecule has 1 aromatic rings. The smallest absolute Gasteiger partial charge is 0.253 e. The Kier molecular flexibility index (Phi) is 5.75. The van der Waals surface area contributed by atoms with Gasteiger partial charge in [0.15, 0.2) is 17.9 Å². The summed E-state index contributed by atoms with van der Waals surface area (Å²) >= 11 is 1.10. The topological polar surface area (TPSA) is 47.6 Å². The second kappa shape index (κ2) is 7.56. The molecule has 1 amide bonds. The van der Waals surface area contributed by atoms with E-state index in [-0.39, 0.29) is 11.7 Å². The quantitative estimate of drug-likeness (QED) is 0.671. The number of carbonyl (C=O) groups excluding carboxylic acids is 1. The monoisotopic (exact) mass is 303 g/mol. The van der Waals surface area contributed by atoms with Crippen LogP contribution in [0.15, 0.2) is 23.1 Å². The summed E-state index contributed by atoms with van der Waals surface area (Å²) in [5.41, 5.74) is 2.30. The predicted molar refractivity (Wildman–Crippen MR) is 69.9 cm³/mol. The zero-order valence-electron chi connectivity index (χ0n) is 10.7. The molecular formula is C13H15F2NO3S. The molecule has 0 spiro atoms. The first-order chi connectivity index (χ1) is 9.65. The van der Waals surface area contributed by atoms with E-state index in [1.807, 2.05) is 0 Å². The number of hydrogen-bond acceptors (Lipinski definition) is 4. The van der Waals surface area contributed by atoms with Crippen LogP contribution in [0.1, 0.15) is 19.3 Å². The van der Waals surface area contributed by atoms with Gasteiger partial charge in [0.2, 0.25) is 0 Å². The van der Waals surface area contributed by atoms with Gasteiger partial charge < -0.3 is 4.74 Å². The third kappa shape index (κ3) is 4.73. The average molecular weight is 303 g/mol. The zero-order chi connectivity index (χ0) is 14.4. The van der Waals surface area contributed by atoms with Crippen molar-refractivity contribution in [3.05, 3.63) is 29.8 Å². The highest BCUT2D eigenvalue weighted by molar-refractivity contribution is 8.00. The van der Waals surface area contributed by atoms with E-state index in [1.54, 1.807) is 0 Å². The van der Waals surface area contributed by atoms with Gasteiger partial charge in [-0.15, -0.1) is 11.8 Å². The minimum absolute atomic E-state index is 0.0534. The highest BCUT2D eigenvalue weighted by Gasteiger charge is 2.15. The molecule has 0 aliphatic carbocycles. The summed E-state index contributed by atoms with van der Waals surface area (Å²) in [6, 6.07) is 3.50. The minimum atomic E-state index is -0.928. The molecule has 0 unspecified atom stereocenters. The molecule has 1 aromatic carbocycles. The Balaban J connectivity index is 1.70. The molecule has 0 saturated carbocycles. The standard InChI is InChI=1S/C13H15F2NO3S/c14-10-5-4-9(7-11(10)15)20-8-12(17)16-19-13-3-1-2-6-18-13/h4-5,7,13H,1-3,6,8H2,(H,16,17)/t13-/m1/s1. The molecular weight excluding hydrogens is 288 g/mol. The van der Waals surface area contributed by atoms with Gasteiger partial charge in [0.25, 0.3) is 5.91 Å². The second-order valence-corrected chi connectivity index (χ2v) is 5.35. The second-order valence-electron chi connectivity index (χ2n) is 4.30. The summed E-state index contributed by atoms with van der Waals surface area (Å²) in [6.45, 7) is 0.629. The number of nitrogens with one attached hydrogen (secondary N) is 1. The number of amides is 1. The van der Waals surface area contributed by atoms with Crippen LogP contribution < -0.4 is 5.48 Å². The van der Waals surface area contributed by atoms with Crippen LogP contribution in [0.25, 0.3) is 0 Å². The minimum Gasteiger partial charge on any atom is -0.350 e. The van der Waals surface area contributed by atoms with Gasteiger partial charge in [0.05, 0.1) is 5.75 Å². The van der Waals surface area contributed by atoms with Crippen LogP contribution in [-0.4, -0.2) is 24.6 Å². The van der Waals surface area contributed by atoms with E-state index >= 15 is 0 Å². The first kappa shape index (κ1) is 15.2. The van der Waals surface area contributed by atoms with Crippen LogP contribution >= 0.6 is 11.8 Å². The van der Waals surface area contributed by atoms with Gasteiger partial charge in [-0.1, -0.05) is 0 Å². The van der Waals surface area contributed by atoms with Crippen LogP contribution in [0.4, 0.5) is 8.78 Å². The van der Waals surface area contributed by atoms with Gasteiger partial charge in [-0.25, -0.2) is 19.1 Å². The molecule has 2 rings (SSSR count). The lowest BCUT2D eigenvalue weighted by Gasteiger charge is -2.22. The van der Waals surface area contributed by atoms with Gasteiger partial charge >= 0.3 is 0 Å². The van der Waals surface area contributed by atoms with E-state index in [9.17, 15) is 13.6 Å². The van der Waals surface area contributed by atoms with Crippen LogP contribution in [0.3, 0.4) is 0 Å². The molecule has 0 radical (unpaired) electrons. The molecule has 110 valence electrons. The van der Waals surface area contributed by atoms with E-state index in [2.05, 4.69) is 5.48 Å². The Morgan fingerprint density at radius 3 is 2.95 bits per heavy atom. The Hall–Kier alpha value is -1.18. The number of carbonyl (C=O) groups is 1. The fourth-order valence-electron chi connectivity index (χ4n) is 1.68. The van der Waals surface area contributed by atoms with E-state index in [4.69, 9.17) is 9.57 Å². The number of hydroxylamine groups is 1. The Bertz CT molecular complexity index is 467. The number of benzene rings is 1. The van der Waals surface area contributed by atoms with Crippen molar-refractivity contribution in [1.82, 2.24) is 5.48 Å². The van der Waals surface area contributed by atoms with Crippen LogP contribution in [0, 0.1) is 11.6 Å². The van der Waals surface area contributed by atoms with E-state index in [0.29, 0.717) is 11.5 Å². The van der Waals surface area contributed by atoms with Crippen molar-refractivity contribution in [2.75, 3.05) is 12.4 Å². The summed E-state index contributed by atoms with van der Waals surface area (Å²) in [6.07, 6.45) is 2.35. The molecule has 1 saturated heterocycles. The van der Waals surface area contributed by atoms with E-state index < -0.39 is 17.9 Å². The van der Waals surface area contributed by atoms with Gasteiger partial charge in [-0.2, -0.15) is 0 Å². The van der Waals surface area contributed by atoms with Crippen molar-refractivity contribution < 1.29 is 23.1 Å². The maximum Gasteiger partial charge on any atom is 0.253 e. The van der Waals surface area contributed by atoms with Gasteiger partial charge in [-0.3, -0.25) is 4.79 Å². The van der Waals surface area contributed by atoms with Gasteiger partial charge in [0.1, 0.15) is 0 Å².